The molecule has 1 amide bonds. The van der Waals surface area contributed by atoms with Gasteiger partial charge in [-0.2, -0.15) is 0 Å². The van der Waals surface area contributed by atoms with E-state index in [1.54, 1.807) is 11.8 Å². The summed E-state index contributed by atoms with van der Waals surface area (Å²) in [5, 5.41) is 12.7. The van der Waals surface area contributed by atoms with Crippen LogP contribution in [0.25, 0.3) is 0 Å². The molecule has 1 aliphatic carbocycles. The first kappa shape index (κ1) is 14.4. The third kappa shape index (κ3) is 4.55. The van der Waals surface area contributed by atoms with Gasteiger partial charge in [0.25, 0.3) is 0 Å². The summed E-state index contributed by atoms with van der Waals surface area (Å²) in [6.45, 7) is 2.47. The summed E-state index contributed by atoms with van der Waals surface area (Å²) in [5.41, 5.74) is 0.621. The van der Waals surface area contributed by atoms with Gasteiger partial charge in [-0.1, -0.05) is 17.7 Å². The van der Waals surface area contributed by atoms with E-state index in [1.165, 1.54) is 10.5 Å². The second kappa shape index (κ2) is 6.44. The monoisotopic (exact) mass is 279 g/mol. The van der Waals surface area contributed by atoms with Crippen LogP contribution in [0.3, 0.4) is 0 Å². The van der Waals surface area contributed by atoms with Crippen LogP contribution >= 0.6 is 11.8 Å². The molecule has 1 fully saturated rings. The largest absolute Gasteiger partial charge is 0.388 e. The van der Waals surface area contributed by atoms with Crippen molar-refractivity contribution in [2.45, 2.75) is 43.1 Å². The number of amides is 1. The van der Waals surface area contributed by atoms with Crippen molar-refractivity contribution in [3.8, 4) is 0 Å². The van der Waals surface area contributed by atoms with E-state index in [1.807, 2.05) is 0 Å². The second-order valence-corrected chi connectivity index (χ2v) is 6.43. The lowest BCUT2D eigenvalue weighted by Gasteiger charge is -2.36. The summed E-state index contributed by atoms with van der Waals surface area (Å²) in [4.78, 5) is 12.8. The first-order valence-electron chi connectivity index (χ1n) is 6.76. The zero-order valence-corrected chi connectivity index (χ0v) is 12.1. The molecular weight excluding hydrogens is 258 g/mol. The number of benzene rings is 1. The first-order valence-corrected chi connectivity index (χ1v) is 7.75. The standard InChI is InChI=1S/C15H21NO2S/c1-12-3-5-13(6-4-12)19-10-7-14(17)16-11-15(18)8-2-9-15/h3-6,18H,2,7-11H2,1H3,(H,16,17). The first-order chi connectivity index (χ1) is 9.07. The molecule has 0 atom stereocenters. The second-order valence-electron chi connectivity index (χ2n) is 5.27. The van der Waals surface area contributed by atoms with Crippen LogP contribution in [0.2, 0.25) is 0 Å². The average Bonchev–Trinajstić information content (AvgIpc) is 2.36. The van der Waals surface area contributed by atoms with E-state index in [0.717, 1.165) is 25.0 Å². The zero-order chi connectivity index (χ0) is 13.7. The van der Waals surface area contributed by atoms with Crippen molar-refractivity contribution in [3.05, 3.63) is 29.8 Å². The minimum Gasteiger partial charge on any atom is -0.388 e. The molecule has 0 aliphatic heterocycles. The molecule has 0 unspecified atom stereocenters. The molecule has 1 aliphatic rings. The van der Waals surface area contributed by atoms with E-state index in [2.05, 4.69) is 36.5 Å². The molecule has 2 N–H and O–H groups in total. The number of thioether (sulfide) groups is 1. The Morgan fingerprint density at radius 2 is 2.05 bits per heavy atom. The summed E-state index contributed by atoms with van der Waals surface area (Å²) in [6, 6.07) is 8.31. The summed E-state index contributed by atoms with van der Waals surface area (Å²) < 4.78 is 0. The molecule has 1 aromatic rings. The number of aryl methyl sites for hydroxylation is 1. The molecule has 0 saturated heterocycles. The molecule has 104 valence electrons. The van der Waals surface area contributed by atoms with E-state index >= 15 is 0 Å². The Hall–Kier alpha value is -1.00. The summed E-state index contributed by atoms with van der Waals surface area (Å²) >= 11 is 1.69. The molecule has 2 rings (SSSR count). The number of hydrogen-bond acceptors (Lipinski definition) is 3. The quantitative estimate of drug-likeness (QED) is 0.787. The van der Waals surface area contributed by atoms with Crippen molar-refractivity contribution in [1.82, 2.24) is 5.32 Å². The van der Waals surface area contributed by atoms with Crippen molar-refractivity contribution in [2.24, 2.45) is 0 Å². The van der Waals surface area contributed by atoms with Crippen LogP contribution in [0, 0.1) is 6.92 Å². The van der Waals surface area contributed by atoms with Crippen molar-refractivity contribution in [3.63, 3.8) is 0 Å². The van der Waals surface area contributed by atoms with Crippen LogP contribution in [-0.4, -0.2) is 28.9 Å². The Bertz CT molecular complexity index is 426. The SMILES string of the molecule is Cc1ccc(SCCC(=O)NCC2(O)CCC2)cc1. The van der Waals surface area contributed by atoms with Gasteiger partial charge in [-0.3, -0.25) is 4.79 Å². The smallest absolute Gasteiger partial charge is 0.220 e. The van der Waals surface area contributed by atoms with Crippen LogP contribution in [0.1, 0.15) is 31.2 Å². The fourth-order valence-electron chi connectivity index (χ4n) is 2.01. The third-order valence-corrected chi connectivity index (χ3v) is 4.53. The maximum atomic E-state index is 11.6. The van der Waals surface area contributed by atoms with E-state index in [0.29, 0.717) is 13.0 Å². The topological polar surface area (TPSA) is 49.3 Å². The van der Waals surface area contributed by atoms with Crippen LogP contribution < -0.4 is 5.32 Å². The zero-order valence-electron chi connectivity index (χ0n) is 11.3. The Morgan fingerprint density at radius 3 is 2.63 bits per heavy atom. The number of carbonyl (C=O) groups is 1. The fourth-order valence-corrected chi connectivity index (χ4v) is 2.86. The molecule has 0 spiro atoms. The van der Waals surface area contributed by atoms with Crippen molar-refractivity contribution in [2.75, 3.05) is 12.3 Å². The van der Waals surface area contributed by atoms with Crippen molar-refractivity contribution >= 4 is 17.7 Å². The van der Waals surface area contributed by atoms with Gasteiger partial charge in [0, 0.05) is 23.6 Å². The van der Waals surface area contributed by atoms with Crippen LogP contribution in [0.5, 0.6) is 0 Å². The summed E-state index contributed by atoms with van der Waals surface area (Å²) in [6.07, 6.45) is 3.18. The lowest BCUT2D eigenvalue weighted by Crippen LogP contribution is -2.47. The van der Waals surface area contributed by atoms with E-state index in [9.17, 15) is 9.90 Å². The minimum absolute atomic E-state index is 0.0277. The summed E-state index contributed by atoms with van der Waals surface area (Å²) in [5.74, 6) is 0.799. The van der Waals surface area contributed by atoms with Gasteiger partial charge in [0.05, 0.1) is 5.60 Å². The van der Waals surface area contributed by atoms with Crippen molar-refractivity contribution in [1.29, 1.82) is 0 Å². The molecular formula is C15H21NO2S. The highest BCUT2D eigenvalue weighted by Gasteiger charge is 2.34. The van der Waals surface area contributed by atoms with Gasteiger partial charge in [-0.05, 0) is 38.3 Å². The molecule has 0 radical (unpaired) electrons. The van der Waals surface area contributed by atoms with Gasteiger partial charge in [-0.25, -0.2) is 0 Å². The average molecular weight is 279 g/mol. The molecule has 19 heavy (non-hydrogen) atoms. The highest BCUT2D eigenvalue weighted by atomic mass is 32.2. The third-order valence-electron chi connectivity index (χ3n) is 3.52. The van der Waals surface area contributed by atoms with Crippen LogP contribution in [0.15, 0.2) is 29.2 Å². The Labute approximate surface area is 118 Å². The normalized spacial score (nSPS) is 16.7. The molecule has 4 heteroatoms. The van der Waals surface area contributed by atoms with Crippen LogP contribution in [-0.2, 0) is 4.79 Å². The number of carbonyl (C=O) groups excluding carboxylic acids is 1. The molecule has 0 bridgehead atoms. The number of nitrogens with one attached hydrogen (secondary N) is 1. The molecule has 3 nitrogen and oxygen atoms in total. The van der Waals surface area contributed by atoms with E-state index < -0.39 is 5.60 Å². The summed E-state index contributed by atoms with van der Waals surface area (Å²) in [7, 11) is 0. The molecule has 0 aromatic heterocycles. The number of aliphatic hydroxyl groups is 1. The lowest BCUT2D eigenvalue weighted by molar-refractivity contribution is -0.123. The Balaban J connectivity index is 1.62. The fraction of sp³-hybridized carbons (Fsp3) is 0.533. The molecule has 1 aromatic carbocycles. The van der Waals surface area contributed by atoms with E-state index in [-0.39, 0.29) is 5.91 Å². The predicted octanol–water partition coefficient (Wildman–Crippen LogP) is 2.51. The van der Waals surface area contributed by atoms with Crippen LogP contribution in [0.4, 0.5) is 0 Å². The van der Waals surface area contributed by atoms with Gasteiger partial charge >= 0.3 is 0 Å². The minimum atomic E-state index is -0.625. The van der Waals surface area contributed by atoms with Gasteiger partial charge in [0.15, 0.2) is 0 Å². The van der Waals surface area contributed by atoms with Gasteiger partial charge in [-0.15, -0.1) is 11.8 Å². The Kier molecular flexibility index (Phi) is 4.88. The highest BCUT2D eigenvalue weighted by Crippen LogP contribution is 2.30. The number of hydrogen-bond donors (Lipinski definition) is 2. The maximum Gasteiger partial charge on any atom is 0.220 e. The molecule has 0 heterocycles. The molecule has 1 saturated carbocycles. The Morgan fingerprint density at radius 1 is 1.37 bits per heavy atom. The maximum absolute atomic E-state index is 11.6. The number of rotatable bonds is 6. The van der Waals surface area contributed by atoms with Gasteiger partial charge < -0.3 is 10.4 Å². The van der Waals surface area contributed by atoms with Gasteiger partial charge in [0.1, 0.15) is 0 Å². The van der Waals surface area contributed by atoms with Crippen molar-refractivity contribution < 1.29 is 9.90 Å². The highest BCUT2D eigenvalue weighted by molar-refractivity contribution is 7.99. The predicted molar refractivity (Wildman–Crippen MR) is 78.3 cm³/mol. The van der Waals surface area contributed by atoms with E-state index in [4.69, 9.17) is 0 Å². The van der Waals surface area contributed by atoms with Gasteiger partial charge in [0.2, 0.25) is 5.91 Å². The lowest BCUT2D eigenvalue weighted by atomic mass is 9.80.